The summed E-state index contributed by atoms with van der Waals surface area (Å²) in [6.45, 7) is 3.86. The van der Waals surface area contributed by atoms with Crippen molar-refractivity contribution in [1.29, 1.82) is 0 Å². The van der Waals surface area contributed by atoms with Crippen molar-refractivity contribution < 1.29 is 33.5 Å². The van der Waals surface area contributed by atoms with Crippen LogP contribution in [0.5, 0.6) is 0 Å². The van der Waals surface area contributed by atoms with Gasteiger partial charge in [-0.1, -0.05) is 152 Å². The molecule has 4 unspecified atom stereocenters. The molecular weight excluding hydrogens is 639 g/mol. The Morgan fingerprint density at radius 2 is 1.20 bits per heavy atom. The Bertz CT molecular complexity index is 925. The molecule has 0 aromatic heterocycles. The Hall–Kier alpha value is -1.58. The molecule has 0 rings (SSSR count). The number of rotatable bonds is 35. The zero-order valence-electron chi connectivity index (χ0n) is 31.0. The number of carbonyl (C=O) groups is 1. The van der Waals surface area contributed by atoms with Crippen LogP contribution in [0.25, 0.3) is 0 Å². The monoisotopic (exact) mass is 713 g/mol. The van der Waals surface area contributed by atoms with Crippen LogP contribution in [0.2, 0.25) is 0 Å². The molecule has 1 amide bonds. The third kappa shape index (κ3) is 33.3. The first-order valence-corrected chi connectivity index (χ1v) is 20.9. The van der Waals surface area contributed by atoms with Crippen molar-refractivity contribution in [3.05, 3.63) is 48.6 Å². The number of unbranched alkanes of at least 4 members (excludes halogenated alkanes) is 17. The van der Waals surface area contributed by atoms with E-state index in [1.54, 1.807) is 12.2 Å². The van der Waals surface area contributed by atoms with Gasteiger partial charge in [0, 0.05) is 6.54 Å². The van der Waals surface area contributed by atoms with Gasteiger partial charge >= 0.3 is 7.82 Å². The largest absolute Gasteiger partial charge is 0.472 e. The number of hydrogen-bond acceptors (Lipinski definition) is 7. The minimum absolute atomic E-state index is 0.0352. The van der Waals surface area contributed by atoms with Gasteiger partial charge in [-0.05, 0) is 44.9 Å². The summed E-state index contributed by atoms with van der Waals surface area (Å²) in [4.78, 5) is 22.6. The molecule has 0 fully saturated rings. The van der Waals surface area contributed by atoms with E-state index in [4.69, 9.17) is 14.8 Å². The second kappa shape index (κ2) is 34.9. The zero-order chi connectivity index (χ0) is 36.3. The maximum Gasteiger partial charge on any atom is 0.472 e. The first-order chi connectivity index (χ1) is 23.8. The number of nitrogens with two attached hydrogens (primary N) is 1. The molecule has 0 aliphatic carbocycles. The van der Waals surface area contributed by atoms with Gasteiger partial charge in [-0.2, -0.15) is 0 Å². The van der Waals surface area contributed by atoms with Gasteiger partial charge in [-0.25, -0.2) is 4.57 Å². The minimum atomic E-state index is -4.42. The molecule has 0 aromatic carbocycles. The predicted octanol–water partition coefficient (Wildman–Crippen LogP) is 9.13. The molecule has 0 saturated heterocycles. The van der Waals surface area contributed by atoms with Crippen LogP contribution in [-0.2, 0) is 18.4 Å². The lowest BCUT2D eigenvalue weighted by molar-refractivity contribution is -0.124. The summed E-state index contributed by atoms with van der Waals surface area (Å²) in [5, 5.41) is 23.7. The van der Waals surface area contributed by atoms with Gasteiger partial charge in [-0.15, -0.1) is 0 Å². The van der Waals surface area contributed by atoms with Crippen molar-refractivity contribution in [3.63, 3.8) is 0 Å². The normalized spacial score (nSPS) is 15.5. The van der Waals surface area contributed by atoms with Crippen LogP contribution < -0.4 is 11.1 Å². The van der Waals surface area contributed by atoms with E-state index in [9.17, 15) is 24.5 Å². The number of allylic oxidation sites excluding steroid dienone is 6. The molecule has 0 heterocycles. The highest BCUT2D eigenvalue weighted by Gasteiger charge is 2.27. The fourth-order valence-electron chi connectivity index (χ4n) is 5.25. The third-order valence-electron chi connectivity index (χ3n) is 8.19. The number of aliphatic hydroxyl groups excluding tert-OH is 2. The van der Waals surface area contributed by atoms with Crippen LogP contribution >= 0.6 is 7.82 Å². The van der Waals surface area contributed by atoms with E-state index < -0.39 is 38.6 Å². The molecule has 0 bridgehead atoms. The fourth-order valence-corrected chi connectivity index (χ4v) is 6.01. The molecule has 9 nitrogen and oxygen atoms in total. The second-order valence-corrected chi connectivity index (χ2v) is 14.4. The molecule has 0 aliphatic rings. The molecule has 49 heavy (non-hydrogen) atoms. The lowest BCUT2D eigenvalue weighted by Crippen LogP contribution is -2.46. The molecule has 6 N–H and O–H groups in total. The van der Waals surface area contributed by atoms with Crippen molar-refractivity contribution in [1.82, 2.24) is 5.32 Å². The standard InChI is InChI=1S/C39H73N2O7P/c1-3-5-7-9-11-13-15-16-17-18-19-21-23-25-27-29-31-38(43)37(35-48-49(45,46)47-33-32-40)41-39(44)34-36(42)30-28-26-24-22-20-14-12-10-8-6-4-2/h21-24,28-31,36-38,42-43H,3-20,25-27,32-35,40H2,1-2H3,(H,41,44)(H,45,46)/b23-21+,24-22-,30-28-,31-29+. The van der Waals surface area contributed by atoms with Crippen LogP contribution in [0.3, 0.4) is 0 Å². The van der Waals surface area contributed by atoms with Crippen LogP contribution in [0, 0.1) is 0 Å². The van der Waals surface area contributed by atoms with E-state index in [-0.39, 0.29) is 19.6 Å². The number of phosphoric acid groups is 1. The van der Waals surface area contributed by atoms with Gasteiger partial charge in [0.05, 0.1) is 37.9 Å². The molecule has 0 aromatic rings. The van der Waals surface area contributed by atoms with Crippen LogP contribution in [-0.4, -0.2) is 59.0 Å². The maximum absolute atomic E-state index is 12.7. The number of hydrogen-bond donors (Lipinski definition) is 5. The quantitative estimate of drug-likeness (QED) is 0.0248. The van der Waals surface area contributed by atoms with E-state index in [0.29, 0.717) is 12.8 Å². The average molecular weight is 713 g/mol. The first-order valence-electron chi connectivity index (χ1n) is 19.4. The molecular formula is C39H73N2O7P. The summed E-state index contributed by atoms with van der Waals surface area (Å²) in [5.74, 6) is -0.526. The van der Waals surface area contributed by atoms with Crippen LogP contribution in [0.15, 0.2) is 48.6 Å². The van der Waals surface area contributed by atoms with Crippen molar-refractivity contribution in [2.75, 3.05) is 19.8 Å². The van der Waals surface area contributed by atoms with Gasteiger partial charge < -0.3 is 26.2 Å². The molecule has 4 atom stereocenters. The van der Waals surface area contributed by atoms with E-state index in [2.05, 4.69) is 43.5 Å². The molecule has 0 radical (unpaired) electrons. The summed E-state index contributed by atoms with van der Waals surface area (Å²) in [6.07, 6.45) is 38.0. The summed E-state index contributed by atoms with van der Waals surface area (Å²) < 4.78 is 21.9. The highest BCUT2D eigenvalue weighted by atomic mass is 31.2. The SMILES string of the molecule is CCCCCCCC/C=C\C/C=C\C(O)CC(=O)NC(COP(=O)(O)OCCN)C(O)/C=C/CC/C=C/CCCCCCCCCCCC. The molecule has 0 spiro atoms. The minimum Gasteiger partial charge on any atom is -0.389 e. The van der Waals surface area contributed by atoms with Gasteiger partial charge in [-0.3, -0.25) is 13.8 Å². The second-order valence-electron chi connectivity index (χ2n) is 13.0. The highest BCUT2D eigenvalue weighted by molar-refractivity contribution is 7.47. The first kappa shape index (κ1) is 47.4. The predicted molar refractivity (Wildman–Crippen MR) is 204 cm³/mol. The summed E-state index contributed by atoms with van der Waals surface area (Å²) in [7, 11) is -4.42. The van der Waals surface area contributed by atoms with Crippen LogP contribution in [0.1, 0.15) is 155 Å². The van der Waals surface area contributed by atoms with E-state index in [1.165, 1.54) is 103 Å². The van der Waals surface area contributed by atoms with Gasteiger partial charge in [0.15, 0.2) is 0 Å². The van der Waals surface area contributed by atoms with Crippen molar-refractivity contribution >= 4 is 13.7 Å². The van der Waals surface area contributed by atoms with Gasteiger partial charge in [0.25, 0.3) is 0 Å². The lowest BCUT2D eigenvalue weighted by atomic mass is 10.1. The Morgan fingerprint density at radius 1 is 0.694 bits per heavy atom. The Balaban J connectivity index is 4.58. The molecule has 286 valence electrons. The number of phosphoric ester groups is 1. The summed E-state index contributed by atoms with van der Waals surface area (Å²) in [5.41, 5.74) is 5.34. The summed E-state index contributed by atoms with van der Waals surface area (Å²) in [6, 6.07) is -1.03. The molecule has 0 aliphatic heterocycles. The highest BCUT2D eigenvalue weighted by Crippen LogP contribution is 2.43. The topological polar surface area (TPSA) is 151 Å². The number of carbonyl (C=O) groups excluding carboxylic acids is 1. The van der Waals surface area contributed by atoms with Crippen molar-refractivity contribution in [2.45, 2.75) is 173 Å². The van der Waals surface area contributed by atoms with Gasteiger partial charge in [0.2, 0.25) is 5.91 Å². The maximum atomic E-state index is 12.7. The number of aliphatic hydroxyl groups is 2. The number of amides is 1. The Kier molecular flexibility index (Phi) is 33.7. The van der Waals surface area contributed by atoms with Crippen molar-refractivity contribution in [2.24, 2.45) is 5.73 Å². The Labute approximate surface area is 299 Å². The third-order valence-corrected chi connectivity index (χ3v) is 9.17. The smallest absolute Gasteiger partial charge is 0.389 e. The van der Waals surface area contributed by atoms with Crippen molar-refractivity contribution in [3.8, 4) is 0 Å². The fraction of sp³-hybridized carbons (Fsp3) is 0.769. The van der Waals surface area contributed by atoms with Gasteiger partial charge in [0.1, 0.15) is 0 Å². The average Bonchev–Trinajstić information content (AvgIpc) is 3.07. The van der Waals surface area contributed by atoms with E-state index in [1.807, 2.05) is 12.2 Å². The molecule has 0 saturated carbocycles. The van der Waals surface area contributed by atoms with E-state index >= 15 is 0 Å². The zero-order valence-corrected chi connectivity index (χ0v) is 31.9. The van der Waals surface area contributed by atoms with E-state index in [0.717, 1.165) is 19.3 Å². The number of nitrogens with one attached hydrogen (secondary N) is 1. The molecule has 10 heteroatoms. The summed E-state index contributed by atoms with van der Waals surface area (Å²) >= 11 is 0. The Morgan fingerprint density at radius 3 is 1.78 bits per heavy atom. The van der Waals surface area contributed by atoms with Crippen LogP contribution in [0.4, 0.5) is 0 Å². The lowest BCUT2D eigenvalue weighted by Gasteiger charge is -2.23.